The van der Waals surface area contributed by atoms with Crippen LogP contribution in [0.2, 0.25) is 0 Å². The molecule has 1 fully saturated rings. The number of nitrogens with one attached hydrogen (secondary N) is 2. The number of anilines is 1. The van der Waals surface area contributed by atoms with E-state index in [2.05, 4.69) is 10.6 Å². The van der Waals surface area contributed by atoms with Crippen LogP contribution in [0.4, 0.5) is 14.9 Å². The van der Waals surface area contributed by atoms with Gasteiger partial charge in [-0.15, -0.1) is 0 Å². The van der Waals surface area contributed by atoms with Gasteiger partial charge in [-0.2, -0.15) is 0 Å². The van der Waals surface area contributed by atoms with Crippen LogP contribution in [0.1, 0.15) is 5.56 Å². The Bertz CT molecular complexity index is 896. The van der Waals surface area contributed by atoms with Gasteiger partial charge in [0.25, 0.3) is 17.1 Å². The first kappa shape index (κ1) is 17.7. The van der Waals surface area contributed by atoms with Crippen LogP contribution in [0.15, 0.2) is 53.4 Å². The average Bonchev–Trinajstić information content (AvgIpc) is 2.93. The zero-order valence-corrected chi connectivity index (χ0v) is 14.1. The fourth-order valence-electron chi connectivity index (χ4n) is 2.15. The maximum Gasteiger partial charge on any atom is 0.290 e. The molecule has 3 amide bonds. The summed E-state index contributed by atoms with van der Waals surface area (Å²) in [4.78, 5) is 34.9. The van der Waals surface area contributed by atoms with Crippen molar-refractivity contribution in [2.45, 2.75) is 0 Å². The number of imide groups is 1. The minimum atomic E-state index is -0.440. The summed E-state index contributed by atoms with van der Waals surface area (Å²) < 4.78 is 18.3. The van der Waals surface area contributed by atoms with E-state index in [0.29, 0.717) is 21.9 Å². The van der Waals surface area contributed by atoms with Crippen LogP contribution in [0.3, 0.4) is 0 Å². The monoisotopic (exact) mass is 372 g/mol. The first-order chi connectivity index (χ1) is 12.5. The number of ether oxygens (including phenoxy) is 1. The lowest BCUT2D eigenvalue weighted by Crippen LogP contribution is -2.20. The van der Waals surface area contributed by atoms with E-state index in [9.17, 15) is 18.8 Å². The van der Waals surface area contributed by atoms with Crippen molar-refractivity contribution in [2.75, 3.05) is 11.9 Å². The van der Waals surface area contributed by atoms with Crippen LogP contribution in [-0.2, 0) is 9.59 Å². The largest absolute Gasteiger partial charge is 0.484 e. The molecule has 0 bridgehead atoms. The number of carbonyl (C=O) groups excluding carboxylic acids is 3. The van der Waals surface area contributed by atoms with E-state index in [-0.39, 0.29) is 12.4 Å². The van der Waals surface area contributed by atoms with Crippen LogP contribution >= 0.6 is 11.8 Å². The number of thioether (sulfide) groups is 1. The first-order valence-corrected chi connectivity index (χ1v) is 8.34. The van der Waals surface area contributed by atoms with E-state index < -0.39 is 17.1 Å². The van der Waals surface area contributed by atoms with E-state index in [1.54, 1.807) is 30.3 Å². The van der Waals surface area contributed by atoms with E-state index in [1.807, 2.05) is 0 Å². The van der Waals surface area contributed by atoms with Gasteiger partial charge in [0.2, 0.25) is 0 Å². The Balaban J connectivity index is 1.59. The second kappa shape index (κ2) is 7.83. The molecule has 0 aromatic heterocycles. The molecule has 2 N–H and O–H groups in total. The summed E-state index contributed by atoms with van der Waals surface area (Å²) in [6, 6.07) is 12.2. The Kier molecular flexibility index (Phi) is 5.33. The van der Waals surface area contributed by atoms with E-state index >= 15 is 0 Å². The SMILES string of the molecule is O=C(COc1cccc(/C=C2\SC(=O)NC2=O)c1)Nc1ccc(F)cc1. The third-order valence-electron chi connectivity index (χ3n) is 3.30. The van der Waals surface area contributed by atoms with Crippen molar-refractivity contribution in [2.24, 2.45) is 0 Å². The highest BCUT2D eigenvalue weighted by atomic mass is 32.2. The molecule has 26 heavy (non-hydrogen) atoms. The summed E-state index contributed by atoms with van der Waals surface area (Å²) >= 11 is 0.825. The van der Waals surface area contributed by atoms with E-state index in [4.69, 9.17) is 4.74 Å². The highest BCUT2D eigenvalue weighted by Gasteiger charge is 2.24. The van der Waals surface area contributed by atoms with Crippen molar-refractivity contribution < 1.29 is 23.5 Å². The molecule has 1 heterocycles. The minimum Gasteiger partial charge on any atom is -0.484 e. The third kappa shape index (κ3) is 4.70. The molecule has 3 rings (SSSR count). The number of carbonyl (C=O) groups is 3. The van der Waals surface area contributed by atoms with Crippen LogP contribution in [0, 0.1) is 5.82 Å². The van der Waals surface area contributed by atoms with Gasteiger partial charge in [-0.05, 0) is 59.8 Å². The fourth-order valence-corrected chi connectivity index (χ4v) is 2.83. The molecule has 2 aromatic carbocycles. The van der Waals surface area contributed by atoms with Gasteiger partial charge in [0.1, 0.15) is 11.6 Å². The van der Waals surface area contributed by atoms with Crippen molar-refractivity contribution in [3.63, 3.8) is 0 Å². The van der Waals surface area contributed by atoms with Gasteiger partial charge in [-0.25, -0.2) is 4.39 Å². The molecule has 0 spiro atoms. The van der Waals surface area contributed by atoms with Crippen LogP contribution < -0.4 is 15.4 Å². The zero-order chi connectivity index (χ0) is 18.5. The topological polar surface area (TPSA) is 84.5 Å². The molecule has 2 aromatic rings. The molecule has 8 heteroatoms. The van der Waals surface area contributed by atoms with Gasteiger partial charge >= 0.3 is 0 Å². The summed E-state index contributed by atoms with van der Waals surface area (Å²) in [6.45, 7) is -0.231. The van der Waals surface area contributed by atoms with Crippen molar-refractivity contribution in [3.8, 4) is 5.75 Å². The molecule has 132 valence electrons. The Labute approximate surface area is 152 Å². The Hall–Kier alpha value is -3.13. The molecule has 1 aliphatic heterocycles. The van der Waals surface area contributed by atoms with Crippen LogP contribution in [0.25, 0.3) is 6.08 Å². The lowest BCUT2D eigenvalue weighted by atomic mass is 10.2. The summed E-state index contributed by atoms with van der Waals surface area (Å²) in [5.41, 5.74) is 1.13. The molecule has 0 atom stereocenters. The van der Waals surface area contributed by atoms with Gasteiger partial charge < -0.3 is 10.1 Å². The van der Waals surface area contributed by atoms with Crippen LogP contribution in [-0.4, -0.2) is 23.7 Å². The Morgan fingerprint density at radius 3 is 2.65 bits per heavy atom. The van der Waals surface area contributed by atoms with Crippen molar-refractivity contribution >= 4 is 40.6 Å². The maximum atomic E-state index is 12.8. The maximum absolute atomic E-state index is 12.8. The smallest absolute Gasteiger partial charge is 0.290 e. The standard InChI is InChI=1S/C18H13FN2O4S/c19-12-4-6-13(7-5-12)20-16(22)10-25-14-3-1-2-11(8-14)9-15-17(23)21-18(24)26-15/h1-9H,10H2,(H,20,22)(H,21,23,24)/b15-9-. The highest BCUT2D eigenvalue weighted by Crippen LogP contribution is 2.26. The van der Waals surface area contributed by atoms with Gasteiger partial charge in [0.15, 0.2) is 6.61 Å². The van der Waals surface area contributed by atoms with Crippen LogP contribution in [0.5, 0.6) is 5.75 Å². The molecule has 6 nitrogen and oxygen atoms in total. The number of hydrogen-bond donors (Lipinski definition) is 2. The summed E-state index contributed by atoms with van der Waals surface area (Å²) in [5.74, 6) is -0.786. The lowest BCUT2D eigenvalue weighted by Gasteiger charge is -2.08. The summed E-state index contributed by atoms with van der Waals surface area (Å²) in [7, 11) is 0. The van der Waals surface area contributed by atoms with Crippen molar-refractivity contribution in [1.82, 2.24) is 5.32 Å². The molecule has 0 radical (unpaired) electrons. The second-order valence-electron chi connectivity index (χ2n) is 5.27. The van der Waals surface area contributed by atoms with Gasteiger partial charge in [-0.3, -0.25) is 19.7 Å². The number of rotatable bonds is 5. The molecule has 0 saturated carbocycles. The minimum absolute atomic E-state index is 0.231. The normalized spacial score (nSPS) is 15.0. The molecule has 1 aliphatic rings. The molecule has 0 unspecified atom stereocenters. The number of hydrogen-bond acceptors (Lipinski definition) is 5. The summed E-state index contributed by atoms with van der Waals surface area (Å²) in [6.07, 6.45) is 1.57. The number of benzene rings is 2. The molecular weight excluding hydrogens is 359 g/mol. The zero-order valence-electron chi connectivity index (χ0n) is 13.3. The number of halogens is 1. The summed E-state index contributed by atoms with van der Waals surface area (Å²) in [5, 5.41) is 4.35. The third-order valence-corrected chi connectivity index (χ3v) is 4.11. The quantitative estimate of drug-likeness (QED) is 0.788. The molecular formula is C18H13FN2O4S. The lowest BCUT2D eigenvalue weighted by molar-refractivity contribution is -0.118. The fraction of sp³-hybridized carbons (Fsp3) is 0.0556. The van der Waals surface area contributed by atoms with Gasteiger partial charge in [-0.1, -0.05) is 12.1 Å². The predicted octanol–water partition coefficient (Wildman–Crippen LogP) is 3.17. The van der Waals surface area contributed by atoms with Crippen molar-refractivity contribution in [3.05, 3.63) is 64.8 Å². The average molecular weight is 372 g/mol. The second-order valence-corrected chi connectivity index (χ2v) is 6.28. The van der Waals surface area contributed by atoms with Gasteiger partial charge in [0, 0.05) is 5.69 Å². The van der Waals surface area contributed by atoms with E-state index in [0.717, 1.165) is 11.8 Å². The van der Waals surface area contributed by atoms with Gasteiger partial charge in [0.05, 0.1) is 4.91 Å². The molecule has 0 aliphatic carbocycles. The number of amides is 3. The Morgan fingerprint density at radius 2 is 1.96 bits per heavy atom. The molecule has 1 saturated heterocycles. The first-order valence-electron chi connectivity index (χ1n) is 7.53. The Morgan fingerprint density at radius 1 is 1.19 bits per heavy atom. The highest BCUT2D eigenvalue weighted by molar-refractivity contribution is 8.18. The van der Waals surface area contributed by atoms with E-state index in [1.165, 1.54) is 24.3 Å². The predicted molar refractivity (Wildman–Crippen MR) is 96.1 cm³/mol. The van der Waals surface area contributed by atoms with Crippen molar-refractivity contribution in [1.29, 1.82) is 0 Å².